The average Bonchev–Trinajstić information content (AvgIpc) is 3.21. The summed E-state index contributed by atoms with van der Waals surface area (Å²) in [5.41, 5.74) is 0.700. The van der Waals surface area contributed by atoms with E-state index >= 15 is 0 Å². The fourth-order valence-corrected chi connectivity index (χ4v) is 7.62. The van der Waals surface area contributed by atoms with Gasteiger partial charge in [0.25, 0.3) is 0 Å². The maximum Gasteiger partial charge on any atom is 0.433 e. The highest BCUT2D eigenvalue weighted by molar-refractivity contribution is 5.96. The first kappa shape index (κ1) is 23.5. The van der Waals surface area contributed by atoms with Crippen LogP contribution in [0, 0.1) is 30.1 Å². The van der Waals surface area contributed by atoms with Gasteiger partial charge in [-0.25, -0.2) is 14.3 Å². The smallest absolute Gasteiger partial charge is 0.433 e. The molecule has 0 aliphatic heterocycles. The van der Waals surface area contributed by atoms with E-state index in [1.165, 1.54) is 38.5 Å². The molecule has 7 rings (SSSR count). The van der Waals surface area contributed by atoms with E-state index in [1.54, 1.807) is 12.1 Å². The summed E-state index contributed by atoms with van der Waals surface area (Å²) >= 11 is 0. The number of carbonyl (C=O) groups excluding carboxylic acids is 1. The third kappa shape index (κ3) is 4.18. The van der Waals surface area contributed by atoms with Gasteiger partial charge in [-0.05, 0) is 88.0 Å². The van der Waals surface area contributed by atoms with Gasteiger partial charge in [-0.1, -0.05) is 29.8 Å². The Morgan fingerprint density at radius 2 is 1.72 bits per heavy atom. The van der Waals surface area contributed by atoms with Crippen LogP contribution in [0.5, 0.6) is 0 Å². The van der Waals surface area contributed by atoms with Crippen molar-refractivity contribution in [1.29, 1.82) is 0 Å². The Hall–Kier alpha value is -2.90. The Balaban J connectivity index is 1.28. The Bertz CT molecular complexity index is 1280. The van der Waals surface area contributed by atoms with Crippen LogP contribution in [0.25, 0.3) is 16.9 Å². The van der Waals surface area contributed by atoms with E-state index in [-0.39, 0.29) is 28.4 Å². The molecule has 36 heavy (non-hydrogen) atoms. The molecule has 1 atom stereocenters. The summed E-state index contributed by atoms with van der Waals surface area (Å²) in [7, 11) is 0. The number of fused-ring (bicyclic) bond motifs is 1. The molecule has 0 saturated heterocycles. The number of alkyl halides is 3. The summed E-state index contributed by atoms with van der Waals surface area (Å²) in [5.74, 6) is 1.71. The zero-order valence-electron chi connectivity index (χ0n) is 20.5. The number of ether oxygens (including phenoxy) is 1. The number of aryl methyl sites for hydroxylation is 1. The Morgan fingerprint density at radius 3 is 2.31 bits per heavy atom. The molecule has 4 bridgehead atoms. The molecule has 4 saturated carbocycles. The number of aromatic nitrogens is 3. The van der Waals surface area contributed by atoms with Gasteiger partial charge in [-0.2, -0.15) is 18.3 Å². The highest BCUT2D eigenvalue weighted by Gasteiger charge is 2.51. The second kappa shape index (κ2) is 8.32. The van der Waals surface area contributed by atoms with Crippen molar-refractivity contribution < 1.29 is 22.7 Å². The molecule has 1 aromatic carbocycles. The van der Waals surface area contributed by atoms with E-state index in [0.29, 0.717) is 10.1 Å². The largest absolute Gasteiger partial charge is 0.459 e. The molecule has 4 aliphatic rings. The van der Waals surface area contributed by atoms with Crippen molar-refractivity contribution in [2.75, 3.05) is 0 Å². The number of hydrogen-bond donors (Lipinski definition) is 0. The fraction of sp³-hybridized carbons (Fsp3) is 0.536. The maximum atomic E-state index is 13.9. The van der Waals surface area contributed by atoms with Gasteiger partial charge >= 0.3 is 12.1 Å². The zero-order chi connectivity index (χ0) is 25.2. The monoisotopic (exact) mass is 497 g/mol. The van der Waals surface area contributed by atoms with Crippen LogP contribution in [-0.4, -0.2) is 26.7 Å². The highest BCUT2D eigenvalue weighted by Crippen LogP contribution is 2.61. The van der Waals surface area contributed by atoms with Crippen LogP contribution >= 0.6 is 0 Å². The standard InChI is InChI=1S/C28H30F3N3O2/c1-16-3-5-21(6-4-16)23-10-24(28(29,30)31)34-25(33-23)22(15-32-34)26(35)36-17(2)11-27-12-18-7-19(13-27)9-20(8-18)14-27/h3-6,10,15,17-20H,7-9,11-14H2,1-2H3. The summed E-state index contributed by atoms with van der Waals surface area (Å²) < 4.78 is 48.2. The maximum absolute atomic E-state index is 13.9. The molecule has 0 radical (unpaired) electrons. The van der Waals surface area contributed by atoms with Crippen LogP contribution in [-0.2, 0) is 10.9 Å². The van der Waals surface area contributed by atoms with Crippen LogP contribution in [0.4, 0.5) is 13.2 Å². The van der Waals surface area contributed by atoms with Gasteiger partial charge in [0.1, 0.15) is 5.56 Å². The van der Waals surface area contributed by atoms with Crippen LogP contribution in [0.2, 0.25) is 0 Å². The highest BCUT2D eigenvalue weighted by atomic mass is 19.4. The number of esters is 1. The van der Waals surface area contributed by atoms with Gasteiger partial charge in [0.2, 0.25) is 0 Å². The number of nitrogens with zero attached hydrogens (tertiary/aromatic N) is 3. The summed E-state index contributed by atoms with van der Waals surface area (Å²) in [5, 5.41) is 3.88. The van der Waals surface area contributed by atoms with E-state index < -0.39 is 17.8 Å². The molecule has 4 fully saturated rings. The topological polar surface area (TPSA) is 56.5 Å². The number of hydrogen-bond acceptors (Lipinski definition) is 4. The minimum atomic E-state index is -4.67. The molecule has 3 aromatic rings. The second-order valence-corrected chi connectivity index (χ2v) is 11.5. The summed E-state index contributed by atoms with van der Waals surface area (Å²) in [4.78, 5) is 17.6. The van der Waals surface area contributed by atoms with Crippen molar-refractivity contribution in [3.8, 4) is 11.3 Å². The molecular weight excluding hydrogens is 467 g/mol. The lowest BCUT2D eigenvalue weighted by Crippen LogP contribution is -2.47. The molecule has 4 aliphatic carbocycles. The third-order valence-corrected chi connectivity index (χ3v) is 8.52. The van der Waals surface area contributed by atoms with Crippen molar-refractivity contribution in [2.24, 2.45) is 23.2 Å². The Kier molecular flexibility index (Phi) is 5.43. The van der Waals surface area contributed by atoms with Crippen molar-refractivity contribution >= 4 is 11.6 Å². The van der Waals surface area contributed by atoms with Crippen LogP contribution < -0.4 is 0 Å². The number of benzene rings is 1. The minimum absolute atomic E-state index is 0.0492. The molecule has 0 spiro atoms. The molecule has 8 heteroatoms. The summed E-state index contributed by atoms with van der Waals surface area (Å²) in [6.45, 7) is 3.80. The number of halogens is 3. The van der Waals surface area contributed by atoms with E-state index in [9.17, 15) is 18.0 Å². The van der Waals surface area contributed by atoms with E-state index in [4.69, 9.17) is 4.74 Å². The molecule has 190 valence electrons. The number of rotatable bonds is 5. The first-order chi connectivity index (χ1) is 17.1. The van der Waals surface area contributed by atoms with Crippen LogP contribution in [0.3, 0.4) is 0 Å². The molecule has 0 N–H and O–H groups in total. The molecule has 2 heterocycles. The van der Waals surface area contributed by atoms with Gasteiger partial charge in [0, 0.05) is 5.56 Å². The van der Waals surface area contributed by atoms with Crippen molar-refractivity contribution in [3.63, 3.8) is 0 Å². The van der Waals surface area contributed by atoms with Gasteiger partial charge in [-0.3, -0.25) is 0 Å². The predicted octanol–water partition coefficient (Wildman–Crippen LogP) is 6.88. The van der Waals surface area contributed by atoms with Crippen LogP contribution in [0.1, 0.15) is 73.5 Å². The van der Waals surface area contributed by atoms with Gasteiger partial charge in [0.15, 0.2) is 11.3 Å². The second-order valence-electron chi connectivity index (χ2n) is 11.5. The predicted molar refractivity (Wildman–Crippen MR) is 128 cm³/mol. The fourth-order valence-electron chi connectivity index (χ4n) is 7.62. The van der Waals surface area contributed by atoms with E-state index in [1.807, 2.05) is 26.0 Å². The van der Waals surface area contributed by atoms with Gasteiger partial charge in [-0.15, -0.1) is 0 Å². The third-order valence-electron chi connectivity index (χ3n) is 8.52. The lowest BCUT2D eigenvalue weighted by molar-refractivity contribution is -0.142. The zero-order valence-corrected chi connectivity index (χ0v) is 20.5. The first-order valence-corrected chi connectivity index (χ1v) is 12.8. The quantitative estimate of drug-likeness (QED) is 0.361. The summed E-state index contributed by atoms with van der Waals surface area (Å²) in [6.07, 6.45) is 4.57. The summed E-state index contributed by atoms with van der Waals surface area (Å²) in [6, 6.07) is 8.03. The van der Waals surface area contributed by atoms with Gasteiger partial charge in [0.05, 0.1) is 18.0 Å². The number of carbonyl (C=O) groups is 1. The van der Waals surface area contributed by atoms with Crippen molar-refractivity contribution in [2.45, 2.75) is 71.1 Å². The van der Waals surface area contributed by atoms with Gasteiger partial charge < -0.3 is 4.74 Å². The SMILES string of the molecule is Cc1ccc(-c2cc(C(F)(F)F)n3ncc(C(=O)OC(C)CC45CC6CC(CC(C6)C4)C5)c3n2)cc1. The van der Waals surface area contributed by atoms with E-state index in [0.717, 1.165) is 42.0 Å². The Morgan fingerprint density at radius 1 is 1.11 bits per heavy atom. The lowest BCUT2D eigenvalue weighted by Gasteiger charge is -2.57. The lowest BCUT2D eigenvalue weighted by atomic mass is 9.48. The normalized spacial score (nSPS) is 28.0. The Labute approximate surface area is 208 Å². The average molecular weight is 498 g/mol. The molecule has 0 amide bonds. The molecule has 1 unspecified atom stereocenters. The first-order valence-electron chi connectivity index (χ1n) is 12.8. The van der Waals surface area contributed by atoms with Crippen LogP contribution in [0.15, 0.2) is 36.5 Å². The van der Waals surface area contributed by atoms with Crippen molar-refractivity contribution in [3.05, 3.63) is 53.3 Å². The molecule has 5 nitrogen and oxygen atoms in total. The minimum Gasteiger partial charge on any atom is -0.459 e. The van der Waals surface area contributed by atoms with Crippen molar-refractivity contribution in [1.82, 2.24) is 14.6 Å². The molecule has 2 aromatic heterocycles. The molecular formula is C28H30F3N3O2. The van der Waals surface area contributed by atoms with E-state index in [2.05, 4.69) is 10.1 Å².